The number of hydrogen-bond donors (Lipinski definition) is 3. The molecule has 0 aliphatic rings. The topological polar surface area (TPSA) is 95.9 Å². The molecule has 340 valence electrons. The predicted molar refractivity (Wildman–Crippen MR) is 250 cm³/mol. The predicted octanol–water partition coefficient (Wildman–Crippen LogP) is 14.9. The van der Waals surface area contributed by atoms with Crippen molar-refractivity contribution in [3.8, 4) is 0 Å². The Balaban J connectivity index is 3.57. The van der Waals surface area contributed by atoms with Crippen LogP contribution in [0, 0.1) is 0 Å². The maximum absolute atomic E-state index is 12.4. The van der Waals surface area contributed by atoms with E-state index in [2.05, 4.69) is 49.5 Å². The molecule has 0 aromatic heterocycles. The van der Waals surface area contributed by atoms with Crippen LogP contribution in [0.1, 0.15) is 258 Å². The number of nitrogens with one attached hydrogen (secondary N) is 1. The number of carbonyl (C=O) groups excluding carboxylic acids is 2. The maximum atomic E-state index is 12.4. The molecule has 0 spiro atoms. The fraction of sp³-hybridized carbons (Fsp3) is 0.846. The van der Waals surface area contributed by atoms with Gasteiger partial charge in [-0.15, -0.1) is 0 Å². The van der Waals surface area contributed by atoms with E-state index in [4.69, 9.17) is 4.74 Å². The van der Waals surface area contributed by atoms with Gasteiger partial charge in [-0.1, -0.05) is 211 Å². The Morgan fingerprint density at radius 3 is 1.40 bits per heavy atom. The van der Waals surface area contributed by atoms with Crippen molar-refractivity contribution < 1.29 is 24.5 Å². The van der Waals surface area contributed by atoms with Gasteiger partial charge in [-0.2, -0.15) is 0 Å². The van der Waals surface area contributed by atoms with Gasteiger partial charge in [0.1, 0.15) is 0 Å². The summed E-state index contributed by atoms with van der Waals surface area (Å²) in [6, 6.07) is -0.585. The van der Waals surface area contributed by atoms with Crippen LogP contribution >= 0.6 is 0 Å². The lowest BCUT2D eigenvalue weighted by molar-refractivity contribution is -0.143. The Labute approximate surface area is 360 Å². The van der Waals surface area contributed by atoms with Crippen molar-refractivity contribution in [3.63, 3.8) is 0 Å². The van der Waals surface area contributed by atoms with Crippen molar-refractivity contribution in [2.24, 2.45) is 0 Å². The first-order valence-corrected chi connectivity index (χ1v) is 25.2. The molecule has 58 heavy (non-hydrogen) atoms. The fourth-order valence-electron chi connectivity index (χ4n) is 7.51. The molecule has 0 bridgehead atoms. The van der Waals surface area contributed by atoms with Crippen molar-refractivity contribution in [2.75, 3.05) is 13.2 Å². The van der Waals surface area contributed by atoms with Crippen LogP contribution in [0.4, 0.5) is 0 Å². The van der Waals surface area contributed by atoms with Gasteiger partial charge in [-0.05, 0) is 70.6 Å². The third kappa shape index (κ3) is 43.7. The summed E-state index contributed by atoms with van der Waals surface area (Å²) in [7, 11) is 0. The van der Waals surface area contributed by atoms with E-state index in [1.54, 1.807) is 0 Å². The summed E-state index contributed by atoms with van der Waals surface area (Å²) >= 11 is 0. The lowest BCUT2D eigenvalue weighted by Gasteiger charge is -2.22. The second kappa shape index (κ2) is 47.8. The maximum Gasteiger partial charge on any atom is 0.305 e. The highest BCUT2D eigenvalue weighted by atomic mass is 16.5. The van der Waals surface area contributed by atoms with Gasteiger partial charge in [0, 0.05) is 12.8 Å². The van der Waals surface area contributed by atoms with Crippen molar-refractivity contribution >= 4 is 11.9 Å². The highest BCUT2D eigenvalue weighted by molar-refractivity contribution is 5.76. The number of esters is 1. The molecule has 6 heteroatoms. The first-order valence-electron chi connectivity index (χ1n) is 25.2. The molecule has 0 radical (unpaired) electrons. The van der Waals surface area contributed by atoms with E-state index < -0.39 is 12.1 Å². The van der Waals surface area contributed by atoms with Gasteiger partial charge in [0.2, 0.25) is 5.91 Å². The van der Waals surface area contributed by atoms with Gasteiger partial charge in [0.05, 0.1) is 25.4 Å². The average molecular weight is 816 g/mol. The number of ether oxygens (including phenoxy) is 1. The summed E-state index contributed by atoms with van der Waals surface area (Å²) in [6.45, 7) is 4.86. The molecule has 6 nitrogen and oxygen atoms in total. The van der Waals surface area contributed by atoms with Crippen LogP contribution in [0.5, 0.6) is 0 Å². The lowest BCUT2D eigenvalue weighted by Crippen LogP contribution is -2.45. The summed E-state index contributed by atoms with van der Waals surface area (Å²) in [6.07, 6.45) is 56.9. The molecule has 0 heterocycles. The molecule has 0 rings (SSSR count). The van der Waals surface area contributed by atoms with E-state index in [-0.39, 0.29) is 18.5 Å². The van der Waals surface area contributed by atoms with Gasteiger partial charge < -0.3 is 20.3 Å². The monoisotopic (exact) mass is 816 g/mol. The normalized spacial score (nSPS) is 13.0. The summed E-state index contributed by atoms with van der Waals surface area (Å²) in [5, 5.41) is 23.1. The summed E-state index contributed by atoms with van der Waals surface area (Å²) < 4.78 is 5.43. The number of rotatable bonds is 46. The van der Waals surface area contributed by atoms with E-state index >= 15 is 0 Å². The van der Waals surface area contributed by atoms with Crippen molar-refractivity contribution in [1.29, 1.82) is 0 Å². The minimum absolute atomic E-state index is 0.0276. The summed E-state index contributed by atoms with van der Waals surface area (Å²) in [5.74, 6) is -0.144. The number of unbranched alkanes of at least 4 members (excludes halogenated alkanes) is 29. The molecule has 0 fully saturated rings. The van der Waals surface area contributed by atoms with Gasteiger partial charge in [-0.3, -0.25) is 9.59 Å². The van der Waals surface area contributed by atoms with E-state index in [0.29, 0.717) is 32.3 Å². The van der Waals surface area contributed by atoms with Gasteiger partial charge in [0.25, 0.3) is 0 Å². The highest BCUT2D eigenvalue weighted by Gasteiger charge is 2.19. The quantitative estimate of drug-likeness (QED) is 0.0323. The Morgan fingerprint density at radius 2 is 0.879 bits per heavy atom. The van der Waals surface area contributed by atoms with Crippen molar-refractivity contribution in [2.45, 2.75) is 270 Å². The minimum Gasteiger partial charge on any atom is -0.466 e. The highest BCUT2D eigenvalue weighted by Crippen LogP contribution is 2.16. The Morgan fingerprint density at radius 1 is 0.483 bits per heavy atom. The molecule has 0 saturated carbocycles. The minimum atomic E-state index is -0.699. The molecular weight excluding hydrogens is 719 g/mol. The van der Waals surface area contributed by atoms with Crippen LogP contribution < -0.4 is 5.32 Å². The van der Waals surface area contributed by atoms with Crippen LogP contribution in [0.3, 0.4) is 0 Å². The molecule has 3 N–H and O–H groups in total. The van der Waals surface area contributed by atoms with E-state index in [9.17, 15) is 19.8 Å². The average Bonchev–Trinajstić information content (AvgIpc) is 3.22. The second-order valence-corrected chi connectivity index (χ2v) is 17.1. The van der Waals surface area contributed by atoms with Crippen LogP contribution in [0.25, 0.3) is 0 Å². The number of aliphatic hydroxyl groups is 2. The molecule has 2 unspecified atom stereocenters. The second-order valence-electron chi connectivity index (χ2n) is 17.1. The molecule has 0 aliphatic carbocycles. The number of allylic oxidation sites excluding steroid dienone is 6. The molecule has 0 aromatic carbocycles. The zero-order valence-corrected chi connectivity index (χ0v) is 38.5. The van der Waals surface area contributed by atoms with Crippen molar-refractivity contribution in [3.05, 3.63) is 36.5 Å². The summed E-state index contributed by atoms with van der Waals surface area (Å²) in [4.78, 5) is 24.4. The molecule has 0 aromatic rings. The standard InChI is InChI=1S/C52H97NO5/c1-3-5-7-9-11-13-15-17-18-19-21-24-28-32-36-40-44-50(55)49(48-54)53-51(56)45-41-37-33-29-25-22-20-23-27-31-35-39-43-47-58-52(57)46-42-38-34-30-26-16-14-12-10-8-6-4-2/h12,14,22,25,33,37,49-50,54-55H,3-11,13,15-21,23-24,26-32,34-36,38-48H2,1-2H3,(H,53,56)/b14-12-,25-22-,37-33-. The number of hydrogen-bond acceptors (Lipinski definition) is 5. The zero-order valence-electron chi connectivity index (χ0n) is 38.5. The SMILES string of the molecule is CCCCC/C=C\CCCCCCCC(=O)OCCCCCCCC/C=C\C/C=C\CCC(=O)NC(CO)C(O)CCCCCCCCCCCCCCCCCC. The number of aliphatic hydroxyl groups excluding tert-OH is 2. The van der Waals surface area contributed by atoms with Crippen LogP contribution in [0.2, 0.25) is 0 Å². The number of amides is 1. The molecule has 0 aliphatic heterocycles. The van der Waals surface area contributed by atoms with Gasteiger partial charge in [-0.25, -0.2) is 0 Å². The summed E-state index contributed by atoms with van der Waals surface area (Å²) in [5.41, 5.74) is 0. The van der Waals surface area contributed by atoms with Crippen LogP contribution in [0.15, 0.2) is 36.5 Å². The third-order valence-corrected chi connectivity index (χ3v) is 11.4. The molecular formula is C52H97NO5. The molecule has 0 saturated heterocycles. The Bertz CT molecular complexity index is 946. The third-order valence-electron chi connectivity index (χ3n) is 11.4. The molecule has 2 atom stereocenters. The first kappa shape index (κ1) is 56.1. The van der Waals surface area contributed by atoms with E-state index in [1.165, 1.54) is 167 Å². The van der Waals surface area contributed by atoms with Gasteiger partial charge >= 0.3 is 5.97 Å². The fourth-order valence-corrected chi connectivity index (χ4v) is 7.51. The van der Waals surface area contributed by atoms with E-state index in [0.717, 1.165) is 51.4 Å². The first-order chi connectivity index (χ1) is 28.5. The lowest BCUT2D eigenvalue weighted by atomic mass is 10.0. The zero-order chi connectivity index (χ0) is 42.3. The Hall–Kier alpha value is -1.92. The van der Waals surface area contributed by atoms with Crippen LogP contribution in [-0.2, 0) is 14.3 Å². The van der Waals surface area contributed by atoms with Crippen LogP contribution in [-0.4, -0.2) is 47.4 Å². The van der Waals surface area contributed by atoms with Crippen molar-refractivity contribution in [1.82, 2.24) is 5.32 Å². The van der Waals surface area contributed by atoms with E-state index in [1.807, 2.05) is 6.08 Å². The number of carbonyl (C=O) groups is 2. The van der Waals surface area contributed by atoms with Gasteiger partial charge in [0.15, 0.2) is 0 Å². The molecule has 1 amide bonds. The Kier molecular flexibility index (Phi) is 46.2. The smallest absolute Gasteiger partial charge is 0.305 e. The largest absolute Gasteiger partial charge is 0.466 e.